The summed E-state index contributed by atoms with van der Waals surface area (Å²) in [5.41, 5.74) is 1.32. The van der Waals surface area contributed by atoms with Gasteiger partial charge in [0.25, 0.3) is 5.22 Å². The predicted octanol–water partition coefficient (Wildman–Crippen LogP) is 5.40. The summed E-state index contributed by atoms with van der Waals surface area (Å²) in [7, 11) is 3.13. The molecule has 0 unspecified atom stereocenters. The quantitative estimate of drug-likeness (QED) is 0.332. The van der Waals surface area contributed by atoms with Crippen LogP contribution >= 0.6 is 35.0 Å². The molecule has 0 saturated carbocycles. The average Bonchev–Trinajstić information content (AvgIpc) is 3.41. The van der Waals surface area contributed by atoms with E-state index in [9.17, 15) is 0 Å². The van der Waals surface area contributed by atoms with Crippen LogP contribution in [0.1, 0.15) is 5.89 Å². The lowest BCUT2D eigenvalue weighted by Gasteiger charge is -2.07. The van der Waals surface area contributed by atoms with Crippen LogP contribution in [0.3, 0.4) is 0 Å². The van der Waals surface area contributed by atoms with E-state index in [1.54, 1.807) is 44.6 Å². The van der Waals surface area contributed by atoms with Gasteiger partial charge in [-0.2, -0.15) is 0 Å². The Balaban J connectivity index is 1.45. The van der Waals surface area contributed by atoms with Crippen molar-refractivity contribution < 1.29 is 18.3 Å². The minimum Gasteiger partial charge on any atom is -0.493 e. The molecule has 0 N–H and O–H groups in total. The number of ether oxygens (including phenoxy) is 2. The van der Waals surface area contributed by atoms with E-state index >= 15 is 0 Å². The number of methoxy groups -OCH3 is 2. The highest BCUT2D eigenvalue weighted by Crippen LogP contribution is 2.34. The van der Waals surface area contributed by atoms with Gasteiger partial charge in [0.15, 0.2) is 11.5 Å². The van der Waals surface area contributed by atoms with Crippen LogP contribution in [-0.2, 0) is 5.75 Å². The molecule has 0 aliphatic carbocycles. The van der Waals surface area contributed by atoms with Gasteiger partial charge in [0, 0.05) is 10.6 Å². The van der Waals surface area contributed by atoms with Crippen LogP contribution < -0.4 is 9.47 Å². The lowest BCUT2D eigenvalue weighted by molar-refractivity contribution is 0.355. The van der Waals surface area contributed by atoms with Crippen LogP contribution in [0.25, 0.3) is 22.9 Å². The molecule has 2 heterocycles. The largest absolute Gasteiger partial charge is 0.493 e. The summed E-state index contributed by atoms with van der Waals surface area (Å²) in [5, 5.41) is 17.5. The Labute approximate surface area is 185 Å². The smallest absolute Gasteiger partial charge is 0.277 e. The van der Waals surface area contributed by atoms with Gasteiger partial charge in [-0.1, -0.05) is 35.0 Å². The van der Waals surface area contributed by atoms with Gasteiger partial charge in [-0.3, -0.25) is 0 Å². The fourth-order valence-electron chi connectivity index (χ4n) is 2.56. The average molecular weight is 465 g/mol. The molecule has 0 spiro atoms. The third-order valence-corrected chi connectivity index (χ3v) is 5.34. The first kappa shape index (κ1) is 20.5. The number of hydrogen-bond donors (Lipinski definition) is 0. The van der Waals surface area contributed by atoms with Crippen LogP contribution in [0.15, 0.2) is 50.5 Å². The molecule has 8 nitrogen and oxygen atoms in total. The molecule has 2 aromatic heterocycles. The first-order valence-electron chi connectivity index (χ1n) is 8.54. The second kappa shape index (κ2) is 8.95. The maximum Gasteiger partial charge on any atom is 0.277 e. The molecule has 0 amide bonds. The van der Waals surface area contributed by atoms with Crippen molar-refractivity contribution in [1.82, 2.24) is 20.4 Å². The fraction of sp³-hybridized carbons (Fsp3) is 0.158. The van der Waals surface area contributed by atoms with Gasteiger partial charge >= 0.3 is 0 Å². The van der Waals surface area contributed by atoms with Crippen LogP contribution in [0.5, 0.6) is 11.5 Å². The molecular formula is C19H14Cl2N4O4S. The third kappa shape index (κ3) is 4.38. The Bertz CT molecular complexity index is 1180. The number of aromatic nitrogens is 4. The Hall–Kier alpha value is -2.75. The van der Waals surface area contributed by atoms with Gasteiger partial charge in [-0.05, 0) is 36.4 Å². The van der Waals surface area contributed by atoms with E-state index in [0.717, 1.165) is 0 Å². The van der Waals surface area contributed by atoms with Crippen LogP contribution in [0.2, 0.25) is 10.0 Å². The molecule has 0 fully saturated rings. The van der Waals surface area contributed by atoms with Gasteiger partial charge in [0.1, 0.15) is 0 Å². The maximum absolute atomic E-state index is 6.18. The zero-order valence-electron chi connectivity index (χ0n) is 15.8. The maximum atomic E-state index is 6.18. The second-order valence-electron chi connectivity index (χ2n) is 5.86. The van der Waals surface area contributed by atoms with Gasteiger partial charge in [0.05, 0.1) is 30.6 Å². The number of benzene rings is 2. The van der Waals surface area contributed by atoms with E-state index in [1.165, 1.54) is 11.8 Å². The van der Waals surface area contributed by atoms with Gasteiger partial charge in [-0.25, -0.2) is 0 Å². The molecule has 0 aliphatic heterocycles. The minimum absolute atomic E-state index is 0.309. The van der Waals surface area contributed by atoms with Crippen molar-refractivity contribution in [3.8, 4) is 34.4 Å². The Morgan fingerprint density at radius 3 is 2.43 bits per heavy atom. The zero-order chi connectivity index (χ0) is 21.1. The minimum atomic E-state index is 0.309. The molecule has 11 heteroatoms. The van der Waals surface area contributed by atoms with Crippen LogP contribution in [-0.4, -0.2) is 34.6 Å². The summed E-state index contributed by atoms with van der Waals surface area (Å²) in [6.07, 6.45) is 0. The molecule has 0 bridgehead atoms. The molecule has 30 heavy (non-hydrogen) atoms. The standard InChI is InChI=1S/C19H14Cl2N4O4S/c1-26-14-6-3-10(7-15(14)27-2)17-23-25-19(29-17)30-9-16-22-24-18(28-16)12-5-4-11(20)8-13(12)21/h3-8H,9H2,1-2H3. The van der Waals surface area contributed by atoms with Crippen molar-refractivity contribution >= 4 is 35.0 Å². The van der Waals surface area contributed by atoms with Crippen molar-refractivity contribution in [2.24, 2.45) is 0 Å². The Kier molecular flexibility index (Phi) is 6.12. The highest BCUT2D eigenvalue weighted by atomic mass is 35.5. The first-order chi connectivity index (χ1) is 14.6. The van der Waals surface area contributed by atoms with Crippen molar-refractivity contribution in [1.29, 1.82) is 0 Å². The van der Waals surface area contributed by atoms with E-state index in [0.29, 0.717) is 61.3 Å². The van der Waals surface area contributed by atoms with Crippen molar-refractivity contribution in [3.05, 3.63) is 52.3 Å². The first-order valence-corrected chi connectivity index (χ1v) is 10.3. The lowest BCUT2D eigenvalue weighted by atomic mass is 10.2. The number of thioether (sulfide) groups is 1. The SMILES string of the molecule is COc1ccc(-c2nnc(SCc3nnc(-c4ccc(Cl)cc4Cl)o3)o2)cc1OC. The van der Waals surface area contributed by atoms with Crippen molar-refractivity contribution in [2.45, 2.75) is 11.0 Å². The molecule has 4 rings (SSSR count). The topological polar surface area (TPSA) is 96.3 Å². The molecular weight excluding hydrogens is 451 g/mol. The molecule has 2 aromatic carbocycles. The molecule has 0 saturated heterocycles. The summed E-state index contributed by atoms with van der Waals surface area (Å²) >= 11 is 13.4. The molecule has 0 aliphatic rings. The fourth-order valence-corrected chi connectivity index (χ4v) is 3.65. The monoisotopic (exact) mass is 464 g/mol. The summed E-state index contributed by atoms with van der Waals surface area (Å²) < 4.78 is 21.9. The number of nitrogens with zero attached hydrogens (tertiary/aromatic N) is 4. The van der Waals surface area contributed by atoms with Crippen LogP contribution in [0, 0.1) is 0 Å². The molecule has 4 aromatic rings. The molecule has 154 valence electrons. The summed E-state index contributed by atoms with van der Waals surface area (Å²) in [5.74, 6) is 2.60. The molecule has 0 radical (unpaired) electrons. The van der Waals surface area contributed by atoms with Crippen LogP contribution in [0.4, 0.5) is 0 Å². The summed E-state index contributed by atoms with van der Waals surface area (Å²) in [6, 6.07) is 10.4. The number of rotatable bonds is 7. The normalized spacial score (nSPS) is 10.9. The van der Waals surface area contributed by atoms with Crippen molar-refractivity contribution in [3.63, 3.8) is 0 Å². The highest BCUT2D eigenvalue weighted by molar-refractivity contribution is 7.98. The zero-order valence-corrected chi connectivity index (χ0v) is 18.1. The molecule has 0 atom stereocenters. The van der Waals surface area contributed by atoms with E-state index in [1.807, 2.05) is 6.07 Å². The van der Waals surface area contributed by atoms with E-state index in [4.69, 9.17) is 41.5 Å². The van der Waals surface area contributed by atoms with Gasteiger partial charge in [-0.15, -0.1) is 20.4 Å². The van der Waals surface area contributed by atoms with E-state index in [-0.39, 0.29) is 0 Å². The number of hydrogen-bond acceptors (Lipinski definition) is 9. The lowest BCUT2D eigenvalue weighted by Crippen LogP contribution is -1.90. The van der Waals surface area contributed by atoms with Gasteiger partial charge in [0.2, 0.25) is 17.7 Å². The van der Waals surface area contributed by atoms with E-state index in [2.05, 4.69) is 20.4 Å². The van der Waals surface area contributed by atoms with E-state index < -0.39 is 0 Å². The Morgan fingerprint density at radius 1 is 0.867 bits per heavy atom. The Morgan fingerprint density at radius 2 is 1.67 bits per heavy atom. The third-order valence-electron chi connectivity index (χ3n) is 3.98. The predicted molar refractivity (Wildman–Crippen MR) is 112 cm³/mol. The summed E-state index contributed by atoms with van der Waals surface area (Å²) in [6.45, 7) is 0. The van der Waals surface area contributed by atoms with Gasteiger partial charge < -0.3 is 18.3 Å². The summed E-state index contributed by atoms with van der Waals surface area (Å²) in [4.78, 5) is 0. The van der Waals surface area contributed by atoms with Crippen molar-refractivity contribution in [2.75, 3.05) is 14.2 Å². The second-order valence-corrected chi connectivity index (χ2v) is 7.63. The number of halogens is 2. The highest BCUT2D eigenvalue weighted by Gasteiger charge is 2.16.